The summed E-state index contributed by atoms with van der Waals surface area (Å²) >= 11 is 0. The Morgan fingerprint density at radius 3 is 2.45 bits per heavy atom. The van der Waals surface area contributed by atoms with E-state index in [1.165, 1.54) is 39.5 Å². The molecule has 0 aromatic heterocycles. The molecule has 0 aliphatic heterocycles. The first-order valence-corrected chi connectivity index (χ1v) is 7.17. The average molecular weight is 303 g/mol. The van der Waals surface area contributed by atoms with Crippen molar-refractivity contribution in [3.05, 3.63) is 18.2 Å². The normalized spacial score (nSPS) is 11.4. The molecular formula is C12H17NO6S. The van der Waals surface area contributed by atoms with E-state index in [-0.39, 0.29) is 23.6 Å². The number of benzene rings is 1. The Kier molecular flexibility index (Phi) is 5.34. The van der Waals surface area contributed by atoms with Crippen LogP contribution in [0.25, 0.3) is 0 Å². The summed E-state index contributed by atoms with van der Waals surface area (Å²) in [6, 6.07) is 4.32. The van der Waals surface area contributed by atoms with Gasteiger partial charge in [-0.25, -0.2) is 12.7 Å². The molecular weight excluding hydrogens is 286 g/mol. The highest BCUT2D eigenvalue weighted by atomic mass is 32.2. The third-order valence-corrected chi connectivity index (χ3v) is 4.60. The van der Waals surface area contributed by atoms with E-state index in [1.807, 2.05) is 0 Å². The van der Waals surface area contributed by atoms with E-state index in [0.29, 0.717) is 5.75 Å². The molecule has 7 nitrogen and oxygen atoms in total. The van der Waals surface area contributed by atoms with Crippen molar-refractivity contribution in [2.45, 2.75) is 11.3 Å². The Balaban J connectivity index is 3.11. The maximum atomic E-state index is 12.3. The van der Waals surface area contributed by atoms with Crippen LogP contribution in [-0.2, 0) is 14.8 Å². The first kappa shape index (κ1) is 16.3. The van der Waals surface area contributed by atoms with E-state index in [9.17, 15) is 13.2 Å². The quantitative estimate of drug-likeness (QED) is 0.801. The van der Waals surface area contributed by atoms with Crippen molar-refractivity contribution < 1.29 is 27.8 Å². The summed E-state index contributed by atoms with van der Waals surface area (Å²) < 4.78 is 35.7. The number of carboxylic acids is 1. The standard InChI is InChI=1S/C12H17NO6S/c1-13(7-6-12(14)15)20(16,17)11-5-4-9(18-2)8-10(11)19-3/h4-5,8H,6-7H2,1-3H3,(H,14,15). The molecule has 0 aliphatic carbocycles. The third-order valence-electron chi connectivity index (χ3n) is 2.70. The molecule has 1 N–H and O–H groups in total. The Labute approximate surface area is 117 Å². The molecule has 0 aliphatic rings. The molecule has 20 heavy (non-hydrogen) atoms. The zero-order valence-electron chi connectivity index (χ0n) is 11.5. The van der Waals surface area contributed by atoms with Crippen LogP contribution in [0.4, 0.5) is 0 Å². The van der Waals surface area contributed by atoms with Crippen molar-refractivity contribution in [1.82, 2.24) is 4.31 Å². The van der Waals surface area contributed by atoms with E-state index in [1.54, 1.807) is 0 Å². The van der Waals surface area contributed by atoms with E-state index in [2.05, 4.69) is 0 Å². The van der Waals surface area contributed by atoms with Gasteiger partial charge in [0.05, 0.1) is 20.6 Å². The van der Waals surface area contributed by atoms with Crippen molar-refractivity contribution in [2.75, 3.05) is 27.8 Å². The third kappa shape index (κ3) is 3.61. The molecule has 0 fully saturated rings. The molecule has 112 valence electrons. The van der Waals surface area contributed by atoms with Crippen LogP contribution in [0, 0.1) is 0 Å². The minimum absolute atomic E-state index is 0.0336. The van der Waals surface area contributed by atoms with Gasteiger partial charge >= 0.3 is 5.97 Å². The number of ether oxygens (including phenoxy) is 2. The summed E-state index contributed by atoms with van der Waals surface area (Å²) in [6.07, 6.45) is -0.270. The van der Waals surface area contributed by atoms with Gasteiger partial charge in [0.15, 0.2) is 0 Å². The maximum absolute atomic E-state index is 12.3. The number of carbonyl (C=O) groups is 1. The molecule has 0 saturated heterocycles. The van der Waals surface area contributed by atoms with Crippen LogP contribution in [0.5, 0.6) is 11.5 Å². The number of hydrogen-bond donors (Lipinski definition) is 1. The highest BCUT2D eigenvalue weighted by Gasteiger charge is 2.25. The Hall–Kier alpha value is -1.80. The highest BCUT2D eigenvalue weighted by Crippen LogP contribution is 2.30. The van der Waals surface area contributed by atoms with Crippen molar-refractivity contribution in [2.24, 2.45) is 0 Å². The molecule has 0 atom stereocenters. The lowest BCUT2D eigenvalue weighted by atomic mass is 10.3. The van der Waals surface area contributed by atoms with Crippen LogP contribution in [-0.4, -0.2) is 51.6 Å². The summed E-state index contributed by atoms with van der Waals surface area (Å²) in [6.45, 7) is -0.118. The Morgan fingerprint density at radius 2 is 1.95 bits per heavy atom. The van der Waals surface area contributed by atoms with Crippen LogP contribution >= 0.6 is 0 Å². The van der Waals surface area contributed by atoms with Gasteiger partial charge in [0.25, 0.3) is 0 Å². The first-order chi connectivity index (χ1) is 9.32. The van der Waals surface area contributed by atoms with E-state index < -0.39 is 16.0 Å². The van der Waals surface area contributed by atoms with Gasteiger partial charge in [-0.1, -0.05) is 0 Å². The minimum atomic E-state index is -3.81. The number of methoxy groups -OCH3 is 2. The molecule has 1 aromatic carbocycles. The number of carboxylic acid groups (broad SMARTS) is 1. The molecule has 1 rings (SSSR count). The van der Waals surface area contributed by atoms with Gasteiger partial charge in [0, 0.05) is 19.7 Å². The number of rotatable bonds is 7. The summed E-state index contributed by atoms with van der Waals surface area (Å²) in [5.41, 5.74) is 0. The molecule has 0 saturated carbocycles. The van der Waals surface area contributed by atoms with Gasteiger partial charge in [-0.3, -0.25) is 4.79 Å². The van der Waals surface area contributed by atoms with E-state index in [0.717, 1.165) is 4.31 Å². The second-order valence-corrected chi connectivity index (χ2v) is 6.00. The largest absolute Gasteiger partial charge is 0.497 e. The van der Waals surface area contributed by atoms with Gasteiger partial charge in [-0.2, -0.15) is 0 Å². The lowest BCUT2D eigenvalue weighted by Crippen LogP contribution is -2.29. The summed E-state index contributed by atoms with van der Waals surface area (Å²) in [5.74, 6) is -0.450. The second-order valence-electron chi connectivity index (χ2n) is 3.99. The molecule has 0 radical (unpaired) electrons. The van der Waals surface area contributed by atoms with Gasteiger partial charge in [0.1, 0.15) is 16.4 Å². The average Bonchev–Trinajstić information content (AvgIpc) is 2.43. The van der Waals surface area contributed by atoms with Crippen molar-refractivity contribution in [1.29, 1.82) is 0 Å². The van der Waals surface area contributed by atoms with Crippen LogP contribution in [0.15, 0.2) is 23.1 Å². The molecule has 0 amide bonds. The minimum Gasteiger partial charge on any atom is -0.497 e. The summed E-state index contributed by atoms with van der Waals surface area (Å²) in [7, 11) is 0.321. The second kappa shape index (κ2) is 6.58. The first-order valence-electron chi connectivity index (χ1n) is 5.73. The molecule has 0 bridgehead atoms. The van der Waals surface area contributed by atoms with Crippen LogP contribution < -0.4 is 9.47 Å². The van der Waals surface area contributed by atoms with Gasteiger partial charge in [-0.05, 0) is 12.1 Å². The van der Waals surface area contributed by atoms with Crippen LogP contribution in [0.1, 0.15) is 6.42 Å². The highest BCUT2D eigenvalue weighted by molar-refractivity contribution is 7.89. The van der Waals surface area contributed by atoms with Crippen molar-refractivity contribution >= 4 is 16.0 Å². The number of nitrogens with zero attached hydrogens (tertiary/aromatic N) is 1. The Bertz CT molecular complexity index is 584. The predicted molar refractivity (Wildman–Crippen MR) is 71.6 cm³/mol. The fourth-order valence-corrected chi connectivity index (χ4v) is 2.83. The van der Waals surface area contributed by atoms with Crippen molar-refractivity contribution in [3.8, 4) is 11.5 Å². The molecule has 0 spiro atoms. The number of sulfonamides is 1. The monoisotopic (exact) mass is 303 g/mol. The van der Waals surface area contributed by atoms with Crippen LogP contribution in [0.3, 0.4) is 0 Å². The van der Waals surface area contributed by atoms with Gasteiger partial charge in [-0.15, -0.1) is 0 Å². The fourth-order valence-electron chi connectivity index (χ4n) is 1.53. The maximum Gasteiger partial charge on any atom is 0.304 e. The van der Waals surface area contributed by atoms with E-state index >= 15 is 0 Å². The van der Waals surface area contributed by atoms with E-state index in [4.69, 9.17) is 14.6 Å². The molecule has 8 heteroatoms. The SMILES string of the molecule is COc1ccc(S(=O)(=O)N(C)CCC(=O)O)c(OC)c1. The zero-order chi connectivity index (χ0) is 15.3. The van der Waals surface area contributed by atoms with Gasteiger partial charge < -0.3 is 14.6 Å². The number of aliphatic carboxylic acids is 1. The topological polar surface area (TPSA) is 93.1 Å². The zero-order valence-corrected chi connectivity index (χ0v) is 12.3. The lowest BCUT2D eigenvalue weighted by Gasteiger charge is -2.18. The van der Waals surface area contributed by atoms with Crippen molar-refractivity contribution in [3.63, 3.8) is 0 Å². The summed E-state index contributed by atoms with van der Waals surface area (Å²) in [4.78, 5) is 10.5. The van der Waals surface area contributed by atoms with Crippen LogP contribution in [0.2, 0.25) is 0 Å². The smallest absolute Gasteiger partial charge is 0.304 e. The molecule has 1 aromatic rings. The fraction of sp³-hybridized carbons (Fsp3) is 0.417. The predicted octanol–water partition coefficient (Wildman–Crippen LogP) is 0.799. The summed E-state index contributed by atoms with van der Waals surface area (Å²) in [5, 5.41) is 8.61. The van der Waals surface area contributed by atoms with Gasteiger partial charge in [0.2, 0.25) is 10.0 Å². The Morgan fingerprint density at radius 1 is 1.30 bits per heavy atom. The lowest BCUT2D eigenvalue weighted by molar-refractivity contribution is -0.137. The molecule has 0 unspecified atom stereocenters. The number of hydrogen-bond acceptors (Lipinski definition) is 5. The molecule has 0 heterocycles.